The second kappa shape index (κ2) is 51.6. The van der Waals surface area contributed by atoms with Crippen LogP contribution in [0.5, 0.6) is 0 Å². The Morgan fingerprint density at radius 2 is 1.11 bits per heavy atom. The van der Waals surface area contributed by atoms with Crippen LogP contribution in [0.4, 0.5) is 0 Å². The van der Waals surface area contributed by atoms with E-state index in [9.17, 15) is 19.8 Å². The molecular formula is C69H95Cl3N4O11. The molecule has 478 valence electrons. The lowest BCUT2D eigenvalue weighted by atomic mass is 9.98. The number of nitrogens with zero attached hydrogens (tertiary/aromatic N) is 2. The van der Waals surface area contributed by atoms with E-state index in [-0.39, 0.29) is 67.3 Å². The Morgan fingerprint density at radius 3 is 1.47 bits per heavy atom. The Morgan fingerprint density at radius 1 is 0.678 bits per heavy atom. The van der Waals surface area contributed by atoms with Crippen LogP contribution in [-0.4, -0.2) is 112 Å². The van der Waals surface area contributed by atoms with Gasteiger partial charge in [0.25, 0.3) is 0 Å². The van der Waals surface area contributed by atoms with Crippen LogP contribution in [0, 0.1) is 18.8 Å². The van der Waals surface area contributed by atoms with Crippen molar-refractivity contribution in [1.29, 1.82) is 0 Å². The molecule has 9 atom stereocenters. The van der Waals surface area contributed by atoms with E-state index in [0.717, 1.165) is 53.3 Å². The number of nitrogens with one attached hydrogen (secondary N) is 1. The van der Waals surface area contributed by atoms with Crippen LogP contribution in [0.1, 0.15) is 112 Å². The maximum Gasteiger partial charge on any atom is 0.306 e. The quantitative estimate of drug-likeness (QED) is 0.0163. The van der Waals surface area contributed by atoms with E-state index in [4.69, 9.17) is 75.0 Å². The number of alkyl halides is 2. The van der Waals surface area contributed by atoms with Gasteiger partial charge >= 0.3 is 11.9 Å². The number of carboxylic acid groups (broad SMARTS) is 2. The zero-order valence-corrected chi connectivity index (χ0v) is 54.1. The summed E-state index contributed by atoms with van der Waals surface area (Å²) in [6, 6.07) is 58.3. The van der Waals surface area contributed by atoms with Crippen molar-refractivity contribution < 1.29 is 54.1 Å². The summed E-state index contributed by atoms with van der Waals surface area (Å²) in [6.07, 6.45) is 2.49. The van der Waals surface area contributed by atoms with E-state index >= 15 is 0 Å². The van der Waals surface area contributed by atoms with Crippen molar-refractivity contribution >= 4 is 58.7 Å². The second-order valence-corrected chi connectivity index (χ2v) is 20.5. The third-order valence-corrected chi connectivity index (χ3v) is 12.6. The monoisotopic (exact) mass is 1260 g/mol. The Bertz CT molecular complexity index is 2610. The summed E-state index contributed by atoms with van der Waals surface area (Å²) >= 11 is 14.8. The molecule has 0 aliphatic carbocycles. The molecule has 2 aliphatic rings. The second-order valence-electron chi connectivity index (χ2n) is 19.4. The summed E-state index contributed by atoms with van der Waals surface area (Å²) in [5, 5.41) is 44.8. The molecule has 0 fully saturated rings. The van der Waals surface area contributed by atoms with Crippen molar-refractivity contribution in [3.8, 4) is 0 Å². The van der Waals surface area contributed by atoms with E-state index in [2.05, 4.69) is 59.2 Å². The van der Waals surface area contributed by atoms with E-state index in [0.29, 0.717) is 19.6 Å². The molecule has 8 rings (SSSR count). The number of ether oxygens (including phenoxy) is 4. The van der Waals surface area contributed by atoms with Crippen LogP contribution in [-0.2, 0) is 41.4 Å². The number of hydrogen-bond donors (Lipinski definition) is 7. The Hall–Kier alpha value is -6.47. The van der Waals surface area contributed by atoms with Crippen LogP contribution in [0.3, 0.4) is 0 Å². The minimum Gasteiger partial charge on any atom is -0.481 e. The number of halogens is 3. The molecule has 15 nitrogen and oxygen atoms in total. The van der Waals surface area contributed by atoms with Gasteiger partial charge in [-0.15, -0.1) is 36.4 Å². The van der Waals surface area contributed by atoms with Gasteiger partial charge in [-0.05, 0) is 78.6 Å². The molecule has 2 aliphatic heterocycles. The first-order valence-corrected chi connectivity index (χ1v) is 30.3. The van der Waals surface area contributed by atoms with Gasteiger partial charge in [-0.2, -0.15) is 0 Å². The van der Waals surface area contributed by atoms with Gasteiger partial charge in [-0.25, -0.2) is 14.8 Å². The Kier molecular flexibility index (Phi) is 47.7. The molecule has 0 bridgehead atoms. The van der Waals surface area contributed by atoms with E-state index < -0.39 is 24.1 Å². The van der Waals surface area contributed by atoms with Crippen molar-refractivity contribution in [2.24, 2.45) is 27.6 Å². The lowest BCUT2D eigenvalue weighted by Gasteiger charge is -2.16. The molecule has 0 saturated carbocycles. The first-order chi connectivity index (χ1) is 41.9. The third kappa shape index (κ3) is 37.1. The summed E-state index contributed by atoms with van der Waals surface area (Å²) < 4.78 is 21.6. The Labute approximate surface area is 533 Å². The summed E-state index contributed by atoms with van der Waals surface area (Å²) in [5.74, 6) is -0.0663. The minimum atomic E-state index is -0.781. The first-order valence-electron chi connectivity index (χ1n) is 28.8. The van der Waals surface area contributed by atoms with E-state index in [1.165, 1.54) is 11.1 Å². The molecule has 6 aromatic carbocycles. The molecule has 0 amide bonds. The van der Waals surface area contributed by atoms with Crippen molar-refractivity contribution in [2.45, 2.75) is 123 Å². The zero-order valence-electron chi connectivity index (χ0n) is 51.8. The highest BCUT2D eigenvalue weighted by molar-refractivity contribution is 6.40. The fourth-order valence-corrected chi connectivity index (χ4v) is 8.19. The zero-order chi connectivity index (χ0) is 65.2. The highest BCUT2D eigenvalue weighted by Crippen LogP contribution is 2.30. The summed E-state index contributed by atoms with van der Waals surface area (Å²) in [5.41, 5.74) is 12.0. The van der Waals surface area contributed by atoms with Gasteiger partial charge in [0.05, 0.1) is 43.2 Å². The predicted molar refractivity (Wildman–Crippen MR) is 357 cm³/mol. The van der Waals surface area contributed by atoms with Gasteiger partial charge < -0.3 is 50.2 Å². The first kappa shape index (κ1) is 80.5. The van der Waals surface area contributed by atoms with Crippen LogP contribution in [0.15, 0.2) is 205 Å². The molecule has 18 heteroatoms. The van der Waals surface area contributed by atoms with Gasteiger partial charge in [-0.1, -0.05) is 215 Å². The number of aliphatic imine (C=N–C) groups is 2. The van der Waals surface area contributed by atoms with Crippen LogP contribution in [0.2, 0.25) is 0 Å². The van der Waals surface area contributed by atoms with E-state index in [1.54, 1.807) is 26.2 Å². The number of aliphatic carboxylic acids is 2. The molecule has 8 N–H and O–H groups in total. The summed E-state index contributed by atoms with van der Waals surface area (Å²) in [7, 11) is 1.69. The molecule has 6 aromatic rings. The topological polar surface area (TPSA) is 235 Å². The third-order valence-electron chi connectivity index (χ3n) is 12.3. The minimum absolute atomic E-state index is 0.00569. The number of aliphatic hydroxyl groups is 3. The van der Waals surface area contributed by atoms with Crippen LogP contribution < -0.4 is 10.6 Å². The number of aliphatic hydroxyl groups excluding tert-OH is 3. The predicted octanol–water partition coefficient (Wildman–Crippen LogP) is 14.2. The maximum absolute atomic E-state index is 10.5. The number of rotatable bonds is 20. The smallest absolute Gasteiger partial charge is 0.306 e. The molecule has 7 unspecified atom stereocenters. The fourth-order valence-electron chi connectivity index (χ4n) is 7.98. The molecule has 0 saturated heterocycles. The number of aryl methyl sites for hydroxylation is 1. The van der Waals surface area contributed by atoms with Gasteiger partial charge in [0, 0.05) is 33.5 Å². The van der Waals surface area contributed by atoms with Gasteiger partial charge in [0.2, 0.25) is 0 Å². The maximum atomic E-state index is 10.5. The van der Waals surface area contributed by atoms with Crippen LogP contribution in [0.25, 0.3) is 0 Å². The molecule has 0 spiro atoms. The number of carboxylic acids is 2. The summed E-state index contributed by atoms with van der Waals surface area (Å²) in [4.78, 5) is 32.1. The van der Waals surface area contributed by atoms with Crippen LogP contribution >= 0.6 is 35.0 Å². The van der Waals surface area contributed by atoms with E-state index in [1.807, 2.05) is 180 Å². The van der Waals surface area contributed by atoms with Gasteiger partial charge in [-0.3, -0.25) is 9.59 Å². The average Bonchev–Trinajstić information content (AvgIpc) is 4.30. The highest BCUT2D eigenvalue weighted by atomic mass is 35.5. The lowest BCUT2D eigenvalue weighted by molar-refractivity contribution is -0.141. The number of methoxy groups -OCH3 is 1. The number of benzene rings is 6. The molecule has 87 heavy (non-hydrogen) atoms. The van der Waals surface area contributed by atoms with Gasteiger partial charge in [0.1, 0.15) is 30.5 Å². The number of hydrogen-bond acceptors (Lipinski definition) is 13. The largest absolute Gasteiger partial charge is 0.481 e. The molecule has 0 radical (unpaired) electrons. The molecular weight excluding hydrogens is 1170 g/mol. The number of nitrogens with two attached hydrogens (primary N) is 1. The van der Waals surface area contributed by atoms with Crippen molar-refractivity contribution in [3.05, 3.63) is 229 Å². The van der Waals surface area contributed by atoms with Crippen molar-refractivity contribution in [2.75, 3.05) is 38.9 Å². The van der Waals surface area contributed by atoms with Crippen molar-refractivity contribution in [3.63, 3.8) is 0 Å². The fraction of sp³-hybridized carbons (Fsp3) is 0.391. The normalized spacial score (nSPS) is 16.5. The molecule has 0 aromatic heterocycles. The van der Waals surface area contributed by atoms with Gasteiger partial charge in [0.15, 0.2) is 11.8 Å². The van der Waals surface area contributed by atoms with Crippen molar-refractivity contribution in [1.82, 2.24) is 4.84 Å². The highest BCUT2D eigenvalue weighted by Gasteiger charge is 2.31. The molecule has 2 heterocycles. The number of carbonyl (C=O) groups is 2. The SMILES string of the molecule is C=C.CC(CC(=O)O)Cc1ccccc1.CC(Cc1ccccc1)C(=O)O.CCC1=NC(CO)C(c2ccccc2)O1.CCOC(CC)NCl.COCC1N=C(C)OC1c1ccccc1.Cc1ccccc1.ClCCl.N[C@@H](CO)[C@H](O)c1ccccc1. The lowest BCUT2D eigenvalue weighted by Crippen LogP contribution is -2.31. The Balaban J connectivity index is 0.000000991. The summed E-state index contributed by atoms with van der Waals surface area (Å²) in [6.45, 7) is 20.7. The average molecular weight is 1260 g/mol. The standard InChI is InChI=1S/2C12H15NO2.C11H14O2.C10H12O2.C9H13NO2.C7H8.C5H12ClNO.C2H4.CH2Cl2/c1-9-13-11(8-14-2)12(15-9)10-6-4-3-5-7-10;1-2-11-13-10(8-14)12(15-11)9-6-4-3-5-7-9;1-9(8-11(12)13)7-10-5-3-2-4-6-10;1-8(10(11)12)7-9-5-3-2-4-6-9;10-8(6-11)9(12)7-4-2-1-3-5-7;1-7-5-3-2-4-6-7;1-3-5(7-6)8-4-2;1-2;2-1-3/h3-7,11-12H,8H2,1-2H3;3-7,10,12,14H,2,8H2,1H3;2-6,9H,7-8H2,1H3,(H,12,13);2-6,8H,7H2,1H3,(H,11,12);1-5,8-9,11-12H,6,10H2;2-6H,1H3;5,7H,3-4H2,1-2H3;1-2H2;1H2/t;;;;8-,9+;;;;/m....0..../s1.